The minimum Gasteiger partial charge on any atom is -0.308 e. The Morgan fingerprint density at radius 2 is 2.17 bits per heavy atom. The van der Waals surface area contributed by atoms with Crippen LogP contribution in [0.1, 0.15) is 20.3 Å². The van der Waals surface area contributed by atoms with Crippen LogP contribution in [-0.4, -0.2) is 19.4 Å². The van der Waals surface area contributed by atoms with Crippen LogP contribution in [0.4, 0.5) is 0 Å². The lowest BCUT2D eigenvalue weighted by molar-refractivity contribution is 0.174. The Balaban J connectivity index is 3.74. The van der Waals surface area contributed by atoms with Crippen molar-refractivity contribution >= 4 is 7.60 Å². The fraction of sp³-hybridized carbons (Fsp3) is 0.857. The van der Waals surface area contributed by atoms with Crippen molar-refractivity contribution in [2.45, 2.75) is 26.4 Å². The summed E-state index contributed by atoms with van der Waals surface area (Å²) in [4.78, 5) is 0. The topological polar surface area (TPSA) is 59.3 Å². The average Bonchev–Trinajstić information content (AvgIpc) is 1.84. The van der Waals surface area contributed by atoms with E-state index in [4.69, 9.17) is 14.3 Å². The maximum atomic E-state index is 11.3. The van der Waals surface area contributed by atoms with Crippen LogP contribution < -0.4 is 0 Å². The highest BCUT2D eigenvalue weighted by Crippen LogP contribution is 2.44. The van der Waals surface area contributed by atoms with Gasteiger partial charge in [0.2, 0.25) is 0 Å². The van der Waals surface area contributed by atoms with Crippen molar-refractivity contribution in [3.63, 3.8) is 0 Å². The number of nitrogens with zero attached hydrogens (tertiary/aromatic N) is 1. The van der Waals surface area contributed by atoms with E-state index < -0.39 is 7.60 Å². The third-order valence-electron chi connectivity index (χ3n) is 0.942. The van der Waals surface area contributed by atoms with E-state index in [1.54, 1.807) is 13.8 Å². The molecule has 0 aromatic carbocycles. The molecule has 1 atom stereocenters. The Labute approximate surface area is 73.0 Å². The molecule has 70 valence electrons. The van der Waals surface area contributed by atoms with Crippen LogP contribution >= 0.6 is 7.60 Å². The predicted molar refractivity (Wildman–Crippen MR) is 45.9 cm³/mol. The van der Waals surface area contributed by atoms with Crippen molar-refractivity contribution < 1.29 is 13.6 Å². The van der Waals surface area contributed by atoms with Crippen LogP contribution in [0.25, 0.3) is 0 Å². The van der Waals surface area contributed by atoms with E-state index in [1.807, 2.05) is 6.07 Å². The Hall–Kier alpha value is -0.360. The molecule has 0 saturated heterocycles. The summed E-state index contributed by atoms with van der Waals surface area (Å²) in [6.07, 6.45) is 0.113. The molecule has 0 saturated carbocycles. The minimum absolute atomic E-state index is 0.122. The van der Waals surface area contributed by atoms with E-state index in [1.165, 1.54) is 6.66 Å². The smallest absolute Gasteiger partial charge is 0.308 e. The molecule has 4 nitrogen and oxygen atoms in total. The third kappa shape index (κ3) is 6.36. The molecule has 5 heteroatoms. The molecule has 0 N–H and O–H groups in total. The number of rotatable bonds is 5. The first-order chi connectivity index (χ1) is 5.48. The van der Waals surface area contributed by atoms with E-state index >= 15 is 0 Å². The highest BCUT2D eigenvalue weighted by Gasteiger charge is 2.17. The van der Waals surface area contributed by atoms with E-state index in [9.17, 15) is 4.57 Å². The van der Waals surface area contributed by atoms with Gasteiger partial charge in [-0.1, -0.05) is 0 Å². The minimum atomic E-state index is -2.93. The van der Waals surface area contributed by atoms with Crippen molar-refractivity contribution in [3.05, 3.63) is 0 Å². The van der Waals surface area contributed by atoms with Gasteiger partial charge in [-0.25, -0.2) is 0 Å². The fourth-order valence-corrected chi connectivity index (χ4v) is 1.92. The standard InChI is InChI=1S/C7H14NO3P/c1-7(2)11-12(3,9)10-6-4-5-8/h7H,4,6H2,1-3H3. The summed E-state index contributed by atoms with van der Waals surface area (Å²) in [7, 11) is -2.93. The van der Waals surface area contributed by atoms with E-state index in [0.717, 1.165) is 0 Å². The molecule has 0 heterocycles. The summed E-state index contributed by atoms with van der Waals surface area (Å²) in [5.74, 6) is 0. The first kappa shape index (κ1) is 11.6. The molecule has 0 amide bonds. The second-order valence-electron chi connectivity index (χ2n) is 2.67. The van der Waals surface area contributed by atoms with Gasteiger partial charge in [0.05, 0.1) is 25.2 Å². The van der Waals surface area contributed by atoms with Crippen LogP contribution in [0.15, 0.2) is 0 Å². The molecule has 0 aliphatic heterocycles. The molecule has 0 aromatic heterocycles. The van der Waals surface area contributed by atoms with Crippen LogP contribution in [0, 0.1) is 11.3 Å². The van der Waals surface area contributed by atoms with Gasteiger partial charge in [-0.05, 0) is 13.8 Å². The molecule has 12 heavy (non-hydrogen) atoms. The molecular weight excluding hydrogens is 177 g/mol. The maximum Gasteiger partial charge on any atom is 0.327 e. The van der Waals surface area contributed by atoms with Gasteiger partial charge in [0, 0.05) is 6.66 Å². The second kappa shape index (κ2) is 5.31. The molecule has 0 aliphatic rings. The van der Waals surface area contributed by atoms with Crippen LogP contribution in [0.2, 0.25) is 0 Å². The van der Waals surface area contributed by atoms with Crippen molar-refractivity contribution in [2.75, 3.05) is 13.3 Å². The van der Waals surface area contributed by atoms with Crippen LogP contribution in [0.5, 0.6) is 0 Å². The fourth-order valence-electron chi connectivity index (χ4n) is 0.670. The Morgan fingerprint density at radius 1 is 1.58 bits per heavy atom. The number of nitriles is 1. The van der Waals surface area contributed by atoms with Crippen molar-refractivity contribution in [3.8, 4) is 6.07 Å². The van der Waals surface area contributed by atoms with Crippen molar-refractivity contribution in [1.82, 2.24) is 0 Å². The summed E-state index contributed by atoms with van der Waals surface area (Å²) in [5, 5.41) is 8.18. The van der Waals surface area contributed by atoms with Gasteiger partial charge >= 0.3 is 7.60 Å². The largest absolute Gasteiger partial charge is 0.327 e. The van der Waals surface area contributed by atoms with Gasteiger partial charge in [-0.3, -0.25) is 4.57 Å². The van der Waals surface area contributed by atoms with E-state index in [-0.39, 0.29) is 19.1 Å². The third-order valence-corrected chi connectivity index (χ3v) is 2.40. The summed E-state index contributed by atoms with van der Waals surface area (Å²) >= 11 is 0. The van der Waals surface area contributed by atoms with Gasteiger partial charge in [0.15, 0.2) is 0 Å². The number of hydrogen-bond acceptors (Lipinski definition) is 4. The summed E-state index contributed by atoms with van der Waals surface area (Å²) < 4.78 is 21.2. The quantitative estimate of drug-likeness (QED) is 0.493. The van der Waals surface area contributed by atoms with E-state index in [0.29, 0.717) is 0 Å². The van der Waals surface area contributed by atoms with Crippen molar-refractivity contribution in [2.24, 2.45) is 0 Å². The molecule has 0 radical (unpaired) electrons. The summed E-state index contributed by atoms with van der Waals surface area (Å²) in [6.45, 7) is 5.13. The number of hydrogen-bond donors (Lipinski definition) is 0. The Morgan fingerprint density at radius 3 is 2.58 bits per heavy atom. The lowest BCUT2D eigenvalue weighted by Crippen LogP contribution is -2.02. The summed E-state index contributed by atoms with van der Waals surface area (Å²) in [6, 6.07) is 1.89. The molecule has 0 aromatic rings. The average molecular weight is 191 g/mol. The van der Waals surface area contributed by atoms with Gasteiger partial charge in [0.25, 0.3) is 0 Å². The summed E-state index contributed by atoms with van der Waals surface area (Å²) in [5.41, 5.74) is 0. The Bertz CT molecular complexity index is 209. The highest BCUT2D eigenvalue weighted by molar-refractivity contribution is 7.52. The molecular formula is C7H14NO3P. The Kier molecular flexibility index (Phi) is 5.16. The first-order valence-corrected chi connectivity index (χ1v) is 5.74. The van der Waals surface area contributed by atoms with Crippen LogP contribution in [-0.2, 0) is 13.6 Å². The monoisotopic (exact) mass is 191 g/mol. The first-order valence-electron chi connectivity index (χ1n) is 3.75. The van der Waals surface area contributed by atoms with E-state index in [2.05, 4.69) is 0 Å². The molecule has 0 spiro atoms. The molecule has 1 unspecified atom stereocenters. The second-order valence-corrected chi connectivity index (χ2v) is 4.68. The lowest BCUT2D eigenvalue weighted by Gasteiger charge is -2.15. The lowest BCUT2D eigenvalue weighted by atomic mass is 10.5. The van der Waals surface area contributed by atoms with Gasteiger partial charge in [0.1, 0.15) is 0 Å². The molecule has 0 rings (SSSR count). The van der Waals surface area contributed by atoms with Crippen LogP contribution in [0.3, 0.4) is 0 Å². The van der Waals surface area contributed by atoms with Crippen molar-refractivity contribution in [1.29, 1.82) is 5.26 Å². The maximum absolute atomic E-state index is 11.3. The predicted octanol–water partition coefficient (Wildman–Crippen LogP) is 2.16. The molecule has 0 aliphatic carbocycles. The van der Waals surface area contributed by atoms with Gasteiger partial charge in [-0.15, -0.1) is 0 Å². The van der Waals surface area contributed by atoms with Gasteiger partial charge < -0.3 is 9.05 Å². The SMILES string of the molecule is CC(C)OP(C)(=O)OCCC#N. The molecule has 0 bridgehead atoms. The zero-order valence-corrected chi connectivity index (χ0v) is 8.51. The normalized spacial score (nSPS) is 15.6. The molecule has 0 fully saturated rings. The highest BCUT2D eigenvalue weighted by atomic mass is 31.2. The zero-order chi connectivity index (χ0) is 9.61. The zero-order valence-electron chi connectivity index (χ0n) is 7.61. The van der Waals surface area contributed by atoms with Gasteiger partial charge in [-0.2, -0.15) is 5.26 Å².